The number of hydrogen-bond donors (Lipinski definition) is 2. The molecule has 0 aromatic heterocycles. The van der Waals surface area contributed by atoms with Gasteiger partial charge in [0, 0.05) is 18.7 Å². The quantitative estimate of drug-likeness (QED) is 0.877. The first-order valence-corrected chi connectivity index (χ1v) is 7.54. The summed E-state index contributed by atoms with van der Waals surface area (Å²) in [7, 11) is 0. The molecule has 2 rings (SSSR count). The number of ether oxygens (including phenoxy) is 2. The molecule has 0 unspecified atom stereocenters. The summed E-state index contributed by atoms with van der Waals surface area (Å²) < 4.78 is 11.0. The van der Waals surface area contributed by atoms with Gasteiger partial charge in [-0.05, 0) is 12.8 Å². The zero-order valence-corrected chi connectivity index (χ0v) is 13.1. The average molecular weight is 313 g/mol. The second-order valence-electron chi connectivity index (χ2n) is 5.12. The molecule has 1 aromatic rings. The molecule has 0 fully saturated rings. The summed E-state index contributed by atoms with van der Waals surface area (Å²) in [4.78, 5) is 12.5. The monoisotopic (exact) mass is 312 g/mol. The normalized spacial score (nSPS) is 13.9. The van der Waals surface area contributed by atoms with Crippen LogP contribution in [0.2, 0.25) is 5.02 Å². The molecular formula is C15H21ClN2O3. The Morgan fingerprint density at radius 2 is 1.86 bits per heavy atom. The fraction of sp³-hybridized carbons (Fsp3) is 0.533. The Kier molecular flexibility index (Phi) is 4.96. The predicted octanol–water partition coefficient (Wildman–Crippen LogP) is 2.81. The Morgan fingerprint density at radius 1 is 1.29 bits per heavy atom. The van der Waals surface area contributed by atoms with Crippen molar-refractivity contribution < 1.29 is 14.3 Å². The molecule has 116 valence electrons. The van der Waals surface area contributed by atoms with Gasteiger partial charge in [0.2, 0.25) is 5.91 Å². The first-order chi connectivity index (χ1) is 10.1. The number of anilines is 1. The van der Waals surface area contributed by atoms with Crippen molar-refractivity contribution in [3.8, 4) is 11.5 Å². The molecule has 1 amide bonds. The summed E-state index contributed by atoms with van der Waals surface area (Å²) in [6.45, 7) is 5.20. The maximum Gasteiger partial charge on any atom is 0.231 e. The Morgan fingerprint density at radius 3 is 2.38 bits per heavy atom. The van der Waals surface area contributed by atoms with E-state index in [0.29, 0.717) is 54.8 Å². The number of amides is 1. The van der Waals surface area contributed by atoms with Crippen LogP contribution in [0.3, 0.4) is 0 Å². The number of nitrogens with two attached hydrogens (primary N) is 1. The molecule has 1 heterocycles. The molecule has 0 spiro atoms. The van der Waals surface area contributed by atoms with Gasteiger partial charge in [-0.1, -0.05) is 25.4 Å². The summed E-state index contributed by atoms with van der Waals surface area (Å²) in [6, 6.07) is 3.36. The molecule has 21 heavy (non-hydrogen) atoms. The lowest BCUT2D eigenvalue weighted by atomic mass is 9.81. The minimum atomic E-state index is -0.573. The fourth-order valence-corrected chi connectivity index (χ4v) is 2.57. The summed E-state index contributed by atoms with van der Waals surface area (Å²) in [5.41, 5.74) is 5.74. The van der Waals surface area contributed by atoms with Gasteiger partial charge < -0.3 is 20.5 Å². The lowest BCUT2D eigenvalue weighted by Crippen LogP contribution is -2.41. The number of carbonyl (C=O) groups is 1. The van der Waals surface area contributed by atoms with Crippen LogP contribution in [0.25, 0.3) is 0 Å². The van der Waals surface area contributed by atoms with E-state index in [1.165, 1.54) is 0 Å². The third kappa shape index (κ3) is 3.09. The molecule has 0 radical (unpaired) electrons. The van der Waals surface area contributed by atoms with Gasteiger partial charge in [0.05, 0.1) is 16.1 Å². The molecule has 0 atom stereocenters. The Bertz CT molecular complexity index is 522. The van der Waals surface area contributed by atoms with Crippen LogP contribution in [-0.4, -0.2) is 25.7 Å². The number of rotatable bonds is 5. The molecule has 1 aromatic carbocycles. The van der Waals surface area contributed by atoms with Crippen molar-refractivity contribution in [2.24, 2.45) is 11.1 Å². The molecule has 1 aliphatic rings. The van der Waals surface area contributed by atoms with Gasteiger partial charge in [-0.3, -0.25) is 4.79 Å². The van der Waals surface area contributed by atoms with Crippen LogP contribution >= 0.6 is 11.6 Å². The molecule has 0 saturated heterocycles. The maximum absolute atomic E-state index is 12.5. The summed E-state index contributed by atoms with van der Waals surface area (Å²) in [5, 5.41) is 3.29. The van der Waals surface area contributed by atoms with Crippen molar-refractivity contribution in [1.82, 2.24) is 0 Å². The highest BCUT2D eigenvalue weighted by Gasteiger charge is 2.33. The number of fused-ring (bicyclic) bond motifs is 1. The molecule has 0 aliphatic carbocycles. The highest BCUT2D eigenvalue weighted by atomic mass is 35.5. The van der Waals surface area contributed by atoms with E-state index in [2.05, 4.69) is 5.32 Å². The summed E-state index contributed by atoms with van der Waals surface area (Å²) >= 11 is 6.20. The van der Waals surface area contributed by atoms with Crippen LogP contribution in [0.15, 0.2) is 12.1 Å². The molecule has 6 heteroatoms. The highest BCUT2D eigenvalue weighted by Crippen LogP contribution is 2.39. The molecule has 3 N–H and O–H groups in total. The van der Waals surface area contributed by atoms with Crippen molar-refractivity contribution in [3.63, 3.8) is 0 Å². The van der Waals surface area contributed by atoms with Gasteiger partial charge >= 0.3 is 0 Å². The van der Waals surface area contributed by atoms with Crippen molar-refractivity contribution in [1.29, 1.82) is 0 Å². The number of nitrogens with one attached hydrogen (secondary N) is 1. The third-order valence-corrected chi connectivity index (χ3v) is 4.42. The Balaban J connectivity index is 2.25. The Hall–Kier alpha value is -1.46. The van der Waals surface area contributed by atoms with Crippen molar-refractivity contribution in [2.45, 2.75) is 26.7 Å². The van der Waals surface area contributed by atoms with Crippen LogP contribution in [0.1, 0.15) is 26.7 Å². The van der Waals surface area contributed by atoms with Crippen molar-refractivity contribution in [2.75, 3.05) is 25.1 Å². The molecule has 1 aliphatic heterocycles. The zero-order chi connectivity index (χ0) is 15.5. The summed E-state index contributed by atoms with van der Waals surface area (Å²) in [6.07, 6.45) is 1.35. The van der Waals surface area contributed by atoms with Crippen LogP contribution in [0.4, 0.5) is 5.69 Å². The van der Waals surface area contributed by atoms with Gasteiger partial charge in [-0.25, -0.2) is 0 Å². The highest BCUT2D eigenvalue weighted by molar-refractivity contribution is 6.34. The van der Waals surface area contributed by atoms with Crippen LogP contribution in [-0.2, 0) is 4.79 Å². The van der Waals surface area contributed by atoms with Gasteiger partial charge in [0.1, 0.15) is 13.2 Å². The van der Waals surface area contributed by atoms with Crippen molar-refractivity contribution >= 4 is 23.2 Å². The first kappa shape index (κ1) is 15.9. The SMILES string of the molecule is CCC(CC)(CN)C(=O)Nc1cc2c(cc1Cl)OCCO2. The van der Waals surface area contributed by atoms with E-state index in [1.54, 1.807) is 12.1 Å². The van der Waals surface area contributed by atoms with Gasteiger partial charge in [0.25, 0.3) is 0 Å². The average Bonchev–Trinajstić information content (AvgIpc) is 2.50. The lowest BCUT2D eigenvalue weighted by molar-refractivity contribution is -0.125. The molecular weight excluding hydrogens is 292 g/mol. The number of hydrogen-bond acceptors (Lipinski definition) is 4. The van der Waals surface area contributed by atoms with Crippen molar-refractivity contribution in [3.05, 3.63) is 17.2 Å². The van der Waals surface area contributed by atoms with E-state index in [1.807, 2.05) is 13.8 Å². The zero-order valence-electron chi connectivity index (χ0n) is 12.4. The smallest absolute Gasteiger partial charge is 0.231 e. The second-order valence-corrected chi connectivity index (χ2v) is 5.53. The summed E-state index contributed by atoms with van der Waals surface area (Å²) in [5.74, 6) is 1.07. The minimum absolute atomic E-state index is 0.117. The Labute approximate surface area is 129 Å². The van der Waals surface area contributed by atoms with E-state index in [-0.39, 0.29) is 5.91 Å². The number of carbonyl (C=O) groups excluding carboxylic acids is 1. The maximum atomic E-state index is 12.5. The minimum Gasteiger partial charge on any atom is -0.486 e. The van der Waals surface area contributed by atoms with Crippen LogP contribution in [0, 0.1) is 5.41 Å². The second kappa shape index (κ2) is 6.54. The largest absolute Gasteiger partial charge is 0.486 e. The van der Waals surface area contributed by atoms with E-state index in [4.69, 9.17) is 26.8 Å². The standard InChI is InChI=1S/C15H21ClN2O3/c1-3-15(4-2,9-17)14(19)18-11-8-13-12(7-10(11)16)20-5-6-21-13/h7-8H,3-6,9,17H2,1-2H3,(H,18,19). The molecule has 0 saturated carbocycles. The van der Waals surface area contributed by atoms with Gasteiger partial charge in [0.15, 0.2) is 11.5 Å². The van der Waals surface area contributed by atoms with Gasteiger partial charge in [-0.2, -0.15) is 0 Å². The predicted molar refractivity (Wildman–Crippen MR) is 83.1 cm³/mol. The van der Waals surface area contributed by atoms with E-state index in [9.17, 15) is 4.79 Å². The molecule has 5 nitrogen and oxygen atoms in total. The fourth-order valence-electron chi connectivity index (χ4n) is 2.37. The van der Waals surface area contributed by atoms with E-state index >= 15 is 0 Å². The van der Waals surface area contributed by atoms with Gasteiger partial charge in [-0.15, -0.1) is 0 Å². The lowest BCUT2D eigenvalue weighted by Gasteiger charge is -2.29. The van der Waals surface area contributed by atoms with Crippen LogP contribution < -0.4 is 20.5 Å². The number of halogens is 1. The third-order valence-electron chi connectivity index (χ3n) is 4.11. The first-order valence-electron chi connectivity index (χ1n) is 7.17. The topological polar surface area (TPSA) is 73.6 Å². The number of benzene rings is 1. The van der Waals surface area contributed by atoms with E-state index in [0.717, 1.165) is 0 Å². The molecule has 0 bridgehead atoms. The van der Waals surface area contributed by atoms with E-state index < -0.39 is 5.41 Å². The van der Waals surface area contributed by atoms with Crippen LogP contribution in [0.5, 0.6) is 11.5 Å².